The number of rotatable bonds is 3. The number of nitrogens with one attached hydrogen (secondary N) is 1. The van der Waals surface area contributed by atoms with Crippen LogP contribution < -0.4 is 10.2 Å². The normalized spacial score (nSPS) is 16.7. The summed E-state index contributed by atoms with van der Waals surface area (Å²) < 4.78 is 1.21. The van der Waals surface area contributed by atoms with Gasteiger partial charge < -0.3 is 10.2 Å². The Morgan fingerprint density at radius 2 is 2.05 bits per heavy atom. The van der Waals surface area contributed by atoms with Crippen LogP contribution in [0.25, 0.3) is 0 Å². The van der Waals surface area contributed by atoms with Gasteiger partial charge in [0, 0.05) is 23.6 Å². The number of benzene rings is 2. The minimum atomic E-state index is 0.342. The molecule has 21 heavy (non-hydrogen) atoms. The zero-order valence-electron chi connectivity index (χ0n) is 12.2. The fourth-order valence-electron chi connectivity index (χ4n) is 2.96. The van der Waals surface area contributed by atoms with Crippen LogP contribution in [0.4, 0.5) is 11.4 Å². The summed E-state index contributed by atoms with van der Waals surface area (Å²) >= 11 is 9.82. The highest BCUT2D eigenvalue weighted by atomic mass is 79.9. The first kappa shape index (κ1) is 14.7. The van der Waals surface area contributed by atoms with E-state index in [0.29, 0.717) is 6.04 Å². The lowest BCUT2D eigenvalue weighted by Gasteiger charge is -2.22. The van der Waals surface area contributed by atoms with E-state index >= 15 is 0 Å². The molecule has 0 saturated carbocycles. The Balaban J connectivity index is 1.93. The molecule has 3 rings (SSSR count). The van der Waals surface area contributed by atoms with Gasteiger partial charge in [0.25, 0.3) is 0 Å². The molecule has 0 aromatic heterocycles. The van der Waals surface area contributed by atoms with E-state index in [4.69, 9.17) is 11.6 Å². The molecule has 2 aromatic carbocycles. The van der Waals surface area contributed by atoms with Crippen LogP contribution in [0, 0.1) is 0 Å². The fraction of sp³-hybridized carbons (Fsp3) is 0.294. The highest BCUT2D eigenvalue weighted by Gasteiger charge is 2.24. The molecular formula is C17H18BrClN2. The monoisotopic (exact) mass is 364 g/mol. The first-order valence-electron chi connectivity index (χ1n) is 7.07. The quantitative estimate of drug-likeness (QED) is 0.797. The third-order valence-electron chi connectivity index (χ3n) is 3.98. The fourth-order valence-corrected chi connectivity index (χ4v) is 3.71. The van der Waals surface area contributed by atoms with Crippen molar-refractivity contribution in [1.29, 1.82) is 0 Å². The van der Waals surface area contributed by atoms with E-state index in [1.165, 1.54) is 15.6 Å². The molecule has 4 heteroatoms. The number of hydrogen-bond donors (Lipinski definition) is 1. The molecule has 1 aliphatic rings. The maximum Gasteiger partial charge on any atom is 0.0598 e. The summed E-state index contributed by atoms with van der Waals surface area (Å²) in [5.41, 5.74) is 5.05. The van der Waals surface area contributed by atoms with E-state index in [-0.39, 0.29) is 0 Å². The second-order valence-electron chi connectivity index (χ2n) is 5.60. The smallest absolute Gasteiger partial charge is 0.0598 e. The van der Waals surface area contributed by atoms with E-state index in [0.717, 1.165) is 29.2 Å². The van der Waals surface area contributed by atoms with Crippen molar-refractivity contribution in [2.75, 3.05) is 24.3 Å². The van der Waals surface area contributed by atoms with Gasteiger partial charge >= 0.3 is 0 Å². The highest BCUT2D eigenvalue weighted by Crippen LogP contribution is 2.39. The standard InChI is InChI=1S/C17H18BrClN2/c1-21(2)17-9-6-11(19)10-16(17)20-15-8-7-12-13(15)4-3-5-14(12)18/h3-6,9-10,15,20H,7-8H2,1-2H3. The van der Waals surface area contributed by atoms with Crippen molar-refractivity contribution >= 4 is 38.9 Å². The Morgan fingerprint density at radius 3 is 2.81 bits per heavy atom. The lowest BCUT2D eigenvalue weighted by Crippen LogP contribution is -2.14. The number of fused-ring (bicyclic) bond motifs is 1. The van der Waals surface area contributed by atoms with Crippen molar-refractivity contribution < 1.29 is 0 Å². The van der Waals surface area contributed by atoms with Gasteiger partial charge in [-0.25, -0.2) is 0 Å². The molecule has 0 saturated heterocycles. The maximum atomic E-state index is 6.17. The van der Waals surface area contributed by atoms with Crippen molar-refractivity contribution in [3.05, 3.63) is 57.0 Å². The second-order valence-corrected chi connectivity index (χ2v) is 6.89. The molecule has 0 heterocycles. The van der Waals surface area contributed by atoms with Gasteiger partial charge in [0.15, 0.2) is 0 Å². The van der Waals surface area contributed by atoms with Gasteiger partial charge in [-0.3, -0.25) is 0 Å². The van der Waals surface area contributed by atoms with E-state index in [2.05, 4.69) is 50.4 Å². The molecule has 0 radical (unpaired) electrons. The predicted octanol–water partition coefficient (Wildman–Crippen LogP) is 5.27. The molecule has 0 bridgehead atoms. The van der Waals surface area contributed by atoms with Crippen LogP contribution in [-0.4, -0.2) is 14.1 Å². The van der Waals surface area contributed by atoms with Gasteiger partial charge in [-0.2, -0.15) is 0 Å². The molecule has 1 atom stereocenters. The Hall–Kier alpha value is -1.19. The Bertz CT molecular complexity index is 670. The largest absolute Gasteiger partial charge is 0.376 e. The third kappa shape index (κ3) is 2.90. The first-order valence-corrected chi connectivity index (χ1v) is 8.24. The molecule has 1 N–H and O–H groups in total. The van der Waals surface area contributed by atoms with Gasteiger partial charge in [-0.15, -0.1) is 0 Å². The van der Waals surface area contributed by atoms with Gasteiger partial charge in [-0.1, -0.05) is 39.7 Å². The topological polar surface area (TPSA) is 15.3 Å². The molecular weight excluding hydrogens is 348 g/mol. The Morgan fingerprint density at radius 1 is 1.24 bits per heavy atom. The minimum Gasteiger partial charge on any atom is -0.376 e. The number of halogens is 2. The summed E-state index contributed by atoms with van der Waals surface area (Å²) in [6.07, 6.45) is 2.21. The van der Waals surface area contributed by atoms with E-state index < -0.39 is 0 Å². The van der Waals surface area contributed by atoms with Crippen LogP contribution in [0.1, 0.15) is 23.6 Å². The van der Waals surface area contributed by atoms with Gasteiger partial charge in [0.05, 0.1) is 17.4 Å². The molecule has 1 unspecified atom stereocenters. The average Bonchev–Trinajstić information content (AvgIpc) is 2.83. The number of hydrogen-bond acceptors (Lipinski definition) is 2. The first-order chi connectivity index (χ1) is 10.1. The summed E-state index contributed by atoms with van der Waals surface area (Å²) in [4.78, 5) is 2.11. The summed E-state index contributed by atoms with van der Waals surface area (Å²) in [5, 5.41) is 4.43. The van der Waals surface area contributed by atoms with Crippen LogP contribution in [0.3, 0.4) is 0 Å². The van der Waals surface area contributed by atoms with Crippen molar-refractivity contribution in [1.82, 2.24) is 0 Å². The van der Waals surface area contributed by atoms with Gasteiger partial charge in [0.2, 0.25) is 0 Å². The van der Waals surface area contributed by atoms with Crippen LogP contribution in [0.5, 0.6) is 0 Å². The molecule has 0 amide bonds. The lowest BCUT2D eigenvalue weighted by atomic mass is 10.1. The molecule has 2 aromatic rings. The lowest BCUT2D eigenvalue weighted by molar-refractivity contribution is 0.761. The van der Waals surface area contributed by atoms with Crippen LogP contribution in [-0.2, 0) is 6.42 Å². The van der Waals surface area contributed by atoms with E-state index in [1.54, 1.807) is 0 Å². The van der Waals surface area contributed by atoms with Crippen molar-refractivity contribution in [3.8, 4) is 0 Å². The summed E-state index contributed by atoms with van der Waals surface area (Å²) in [6.45, 7) is 0. The molecule has 2 nitrogen and oxygen atoms in total. The zero-order chi connectivity index (χ0) is 15.0. The second kappa shape index (κ2) is 5.90. The third-order valence-corrected chi connectivity index (χ3v) is 4.96. The average molecular weight is 366 g/mol. The molecule has 0 aliphatic heterocycles. The van der Waals surface area contributed by atoms with Crippen molar-refractivity contribution in [2.45, 2.75) is 18.9 Å². The van der Waals surface area contributed by atoms with Gasteiger partial charge in [0.1, 0.15) is 0 Å². The van der Waals surface area contributed by atoms with Crippen LogP contribution in [0.2, 0.25) is 5.02 Å². The number of nitrogens with zero attached hydrogens (tertiary/aromatic N) is 1. The Kier molecular flexibility index (Phi) is 4.14. The summed E-state index contributed by atoms with van der Waals surface area (Å²) in [6, 6.07) is 12.8. The van der Waals surface area contributed by atoms with E-state index in [1.807, 2.05) is 26.2 Å². The molecule has 0 fully saturated rings. The highest BCUT2D eigenvalue weighted by molar-refractivity contribution is 9.10. The molecule has 110 valence electrons. The maximum absolute atomic E-state index is 6.17. The predicted molar refractivity (Wildman–Crippen MR) is 94.6 cm³/mol. The summed E-state index contributed by atoms with van der Waals surface area (Å²) in [5.74, 6) is 0. The minimum absolute atomic E-state index is 0.342. The number of anilines is 2. The Labute approximate surface area is 139 Å². The van der Waals surface area contributed by atoms with E-state index in [9.17, 15) is 0 Å². The van der Waals surface area contributed by atoms with Crippen LogP contribution >= 0.6 is 27.5 Å². The SMILES string of the molecule is CN(C)c1ccc(Cl)cc1NC1CCc2c(Br)cccc21. The molecule has 1 aliphatic carbocycles. The van der Waals surface area contributed by atoms with Crippen LogP contribution in [0.15, 0.2) is 40.9 Å². The van der Waals surface area contributed by atoms with Crippen molar-refractivity contribution in [2.24, 2.45) is 0 Å². The van der Waals surface area contributed by atoms with Gasteiger partial charge in [-0.05, 0) is 48.2 Å². The molecule has 0 spiro atoms. The zero-order valence-corrected chi connectivity index (χ0v) is 14.5. The van der Waals surface area contributed by atoms with Crippen molar-refractivity contribution in [3.63, 3.8) is 0 Å². The summed E-state index contributed by atoms with van der Waals surface area (Å²) in [7, 11) is 4.10.